The summed E-state index contributed by atoms with van der Waals surface area (Å²) in [6.07, 6.45) is 0. The van der Waals surface area contributed by atoms with Gasteiger partial charge in [-0.25, -0.2) is 0 Å². The lowest BCUT2D eigenvalue weighted by Gasteiger charge is -1.87. The van der Waals surface area contributed by atoms with Crippen LogP contribution in [0.1, 0.15) is 6.92 Å². The standard InChI is InChI=1S/C4H5Cl3/c1-3(6)4(7)2-5/h2H2,1H3/b4-3+. The van der Waals surface area contributed by atoms with Crippen LogP contribution in [0.2, 0.25) is 0 Å². The van der Waals surface area contributed by atoms with E-state index in [9.17, 15) is 0 Å². The first-order valence-electron chi connectivity index (χ1n) is 1.75. The summed E-state index contributed by atoms with van der Waals surface area (Å²) in [5.41, 5.74) is 0. The topological polar surface area (TPSA) is 0 Å². The lowest BCUT2D eigenvalue weighted by Crippen LogP contribution is -1.72. The van der Waals surface area contributed by atoms with Crippen LogP contribution in [-0.4, -0.2) is 5.88 Å². The molecule has 0 aromatic carbocycles. The van der Waals surface area contributed by atoms with Gasteiger partial charge >= 0.3 is 0 Å². The van der Waals surface area contributed by atoms with Crippen molar-refractivity contribution in [1.29, 1.82) is 0 Å². The molecule has 0 fully saturated rings. The average Bonchev–Trinajstić information content (AvgIpc) is 1.65. The van der Waals surface area contributed by atoms with Crippen molar-refractivity contribution in [2.45, 2.75) is 6.92 Å². The lowest BCUT2D eigenvalue weighted by atomic mass is 10.6. The molecule has 0 spiro atoms. The Labute approximate surface area is 58.1 Å². The molecule has 0 aromatic rings. The van der Waals surface area contributed by atoms with Gasteiger partial charge in [0.1, 0.15) is 0 Å². The molecule has 0 radical (unpaired) electrons. The van der Waals surface area contributed by atoms with Gasteiger partial charge in [-0.2, -0.15) is 0 Å². The van der Waals surface area contributed by atoms with Crippen LogP contribution >= 0.6 is 34.8 Å². The first kappa shape index (κ1) is 7.61. The second kappa shape index (κ2) is 3.59. The average molecular weight is 159 g/mol. The third-order valence-corrected chi connectivity index (χ3v) is 1.64. The predicted octanol–water partition coefficient (Wildman–Crippen LogP) is 2.93. The van der Waals surface area contributed by atoms with Crippen LogP contribution < -0.4 is 0 Å². The fourth-order valence-corrected chi connectivity index (χ4v) is 0.428. The Kier molecular flexibility index (Phi) is 3.91. The lowest BCUT2D eigenvalue weighted by molar-refractivity contribution is 1.54. The molecule has 0 bridgehead atoms. The van der Waals surface area contributed by atoms with Crippen molar-refractivity contribution in [1.82, 2.24) is 0 Å². The molecule has 0 N–H and O–H groups in total. The summed E-state index contributed by atoms with van der Waals surface area (Å²) in [5.74, 6) is 0.302. The van der Waals surface area contributed by atoms with Crippen molar-refractivity contribution in [2.75, 3.05) is 5.88 Å². The SMILES string of the molecule is C/C(Cl)=C(\Cl)CCl. The predicted molar refractivity (Wildman–Crippen MR) is 35.1 cm³/mol. The Hall–Kier alpha value is 0.610. The van der Waals surface area contributed by atoms with Gasteiger partial charge in [0.25, 0.3) is 0 Å². The van der Waals surface area contributed by atoms with Crippen molar-refractivity contribution in [3.8, 4) is 0 Å². The minimum atomic E-state index is 0.302. The fourth-order valence-electron chi connectivity index (χ4n) is 0.0921. The van der Waals surface area contributed by atoms with Crippen molar-refractivity contribution in [3.05, 3.63) is 10.1 Å². The fraction of sp³-hybridized carbons (Fsp3) is 0.500. The van der Waals surface area contributed by atoms with Crippen LogP contribution in [0.25, 0.3) is 0 Å². The molecule has 0 aliphatic rings. The highest BCUT2D eigenvalue weighted by molar-refractivity contribution is 6.42. The minimum Gasteiger partial charge on any atom is -0.121 e. The van der Waals surface area contributed by atoms with E-state index in [1.165, 1.54) is 0 Å². The number of hydrogen-bond donors (Lipinski definition) is 0. The van der Waals surface area contributed by atoms with Gasteiger partial charge in [-0.3, -0.25) is 0 Å². The molecule has 0 aromatic heterocycles. The summed E-state index contributed by atoms with van der Waals surface area (Å²) in [4.78, 5) is 0. The number of halogens is 3. The highest BCUT2D eigenvalue weighted by atomic mass is 35.5. The number of hydrogen-bond acceptors (Lipinski definition) is 0. The van der Waals surface area contributed by atoms with Gasteiger partial charge in [-0.05, 0) is 6.92 Å². The molecule has 42 valence electrons. The van der Waals surface area contributed by atoms with Crippen LogP contribution in [0.15, 0.2) is 10.1 Å². The molecular weight excluding hydrogens is 154 g/mol. The second-order valence-electron chi connectivity index (χ2n) is 1.07. The molecule has 0 saturated carbocycles. The molecule has 0 unspecified atom stereocenters. The van der Waals surface area contributed by atoms with E-state index < -0.39 is 0 Å². The maximum Gasteiger partial charge on any atom is 0.0593 e. The molecule has 3 heteroatoms. The summed E-state index contributed by atoms with van der Waals surface area (Å²) < 4.78 is 0. The van der Waals surface area contributed by atoms with Crippen LogP contribution in [0.3, 0.4) is 0 Å². The maximum absolute atomic E-state index is 5.42. The summed E-state index contributed by atoms with van der Waals surface area (Å²) in [6, 6.07) is 0. The molecule has 7 heavy (non-hydrogen) atoms. The summed E-state index contributed by atoms with van der Waals surface area (Å²) in [7, 11) is 0. The third kappa shape index (κ3) is 3.22. The smallest absolute Gasteiger partial charge is 0.0593 e. The van der Waals surface area contributed by atoms with Crippen LogP contribution in [0.5, 0.6) is 0 Å². The van der Waals surface area contributed by atoms with Gasteiger partial charge in [0.2, 0.25) is 0 Å². The second-order valence-corrected chi connectivity index (χ2v) is 2.36. The highest BCUT2D eigenvalue weighted by Gasteiger charge is 1.90. The molecule has 0 aliphatic heterocycles. The van der Waals surface area contributed by atoms with E-state index in [2.05, 4.69) is 0 Å². The zero-order chi connectivity index (χ0) is 5.86. The van der Waals surface area contributed by atoms with Crippen molar-refractivity contribution in [3.63, 3.8) is 0 Å². The van der Waals surface area contributed by atoms with Gasteiger partial charge < -0.3 is 0 Å². The number of allylic oxidation sites excluding steroid dienone is 2. The van der Waals surface area contributed by atoms with Crippen LogP contribution in [-0.2, 0) is 0 Å². The molecule has 0 rings (SSSR count). The maximum atomic E-state index is 5.42. The van der Waals surface area contributed by atoms with Crippen LogP contribution in [0, 0.1) is 0 Å². The Bertz CT molecular complexity index is 80.9. The highest BCUT2D eigenvalue weighted by Crippen LogP contribution is 2.13. The van der Waals surface area contributed by atoms with Crippen molar-refractivity contribution in [2.24, 2.45) is 0 Å². The van der Waals surface area contributed by atoms with E-state index in [1.54, 1.807) is 6.92 Å². The van der Waals surface area contributed by atoms with E-state index in [-0.39, 0.29) is 0 Å². The monoisotopic (exact) mass is 158 g/mol. The minimum absolute atomic E-state index is 0.302. The summed E-state index contributed by atoms with van der Waals surface area (Å²) in [6.45, 7) is 1.70. The van der Waals surface area contributed by atoms with E-state index in [0.717, 1.165) is 0 Å². The van der Waals surface area contributed by atoms with E-state index in [0.29, 0.717) is 15.9 Å². The summed E-state index contributed by atoms with van der Waals surface area (Å²) in [5, 5.41) is 1.08. The Morgan fingerprint density at radius 1 is 1.43 bits per heavy atom. The van der Waals surface area contributed by atoms with Crippen molar-refractivity contribution < 1.29 is 0 Å². The molecule has 0 amide bonds. The Balaban J connectivity index is 3.72. The zero-order valence-electron chi connectivity index (χ0n) is 3.84. The largest absolute Gasteiger partial charge is 0.121 e. The van der Waals surface area contributed by atoms with Gasteiger partial charge in [-0.1, -0.05) is 23.2 Å². The molecule has 0 heterocycles. The molecule has 0 nitrogen and oxygen atoms in total. The quantitative estimate of drug-likeness (QED) is 0.516. The Morgan fingerprint density at radius 3 is 1.86 bits per heavy atom. The zero-order valence-corrected chi connectivity index (χ0v) is 6.11. The van der Waals surface area contributed by atoms with Crippen molar-refractivity contribution >= 4 is 34.8 Å². The Morgan fingerprint density at radius 2 is 1.86 bits per heavy atom. The summed E-state index contributed by atoms with van der Waals surface area (Å²) >= 11 is 16.1. The van der Waals surface area contributed by atoms with Gasteiger partial charge in [0, 0.05) is 10.1 Å². The molecular formula is C4H5Cl3. The normalized spacial score (nSPS) is 13.7. The first-order valence-corrected chi connectivity index (χ1v) is 3.04. The van der Waals surface area contributed by atoms with E-state index >= 15 is 0 Å². The molecule has 0 aliphatic carbocycles. The van der Waals surface area contributed by atoms with Gasteiger partial charge in [0.05, 0.1) is 5.88 Å². The third-order valence-electron chi connectivity index (χ3n) is 0.491. The van der Waals surface area contributed by atoms with E-state index in [4.69, 9.17) is 34.8 Å². The first-order chi connectivity index (χ1) is 3.18. The molecule has 0 saturated heterocycles. The van der Waals surface area contributed by atoms with Gasteiger partial charge in [0.15, 0.2) is 0 Å². The van der Waals surface area contributed by atoms with Crippen LogP contribution in [0.4, 0.5) is 0 Å². The van der Waals surface area contributed by atoms with E-state index in [1.807, 2.05) is 0 Å². The number of alkyl halides is 1. The number of rotatable bonds is 1. The molecule has 0 atom stereocenters. The van der Waals surface area contributed by atoms with Gasteiger partial charge in [-0.15, -0.1) is 11.6 Å².